The summed E-state index contributed by atoms with van der Waals surface area (Å²) >= 11 is 0. The van der Waals surface area contributed by atoms with Gasteiger partial charge in [-0.15, -0.1) is 0 Å². The topological polar surface area (TPSA) is 95.1 Å². The summed E-state index contributed by atoms with van der Waals surface area (Å²) in [5.74, 6) is -0.570. The second kappa shape index (κ2) is 4.63. The van der Waals surface area contributed by atoms with Crippen LogP contribution in [0.2, 0.25) is 0 Å². The molecule has 1 aromatic heterocycles. The van der Waals surface area contributed by atoms with Gasteiger partial charge in [-0.25, -0.2) is 4.98 Å². The lowest BCUT2D eigenvalue weighted by atomic mass is 10.2. The van der Waals surface area contributed by atoms with Crippen molar-refractivity contribution in [2.24, 2.45) is 5.92 Å². The van der Waals surface area contributed by atoms with Crippen LogP contribution in [0.5, 0.6) is 0 Å². The first-order chi connectivity index (χ1) is 9.56. The molecule has 0 spiro atoms. The van der Waals surface area contributed by atoms with Gasteiger partial charge in [0.25, 0.3) is 0 Å². The zero-order chi connectivity index (χ0) is 14.3. The maximum atomic E-state index is 11.9. The third-order valence-electron chi connectivity index (χ3n) is 3.62. The number of para-hydroxylation sites is 2. The number of fused-ring (bicyclic) bond motifs is 1. The quantitative estimate of drug-likeness (QED) is 0.781. The van der Waals surface area contributed by atoms with Crippen molar-refractivity contribution in [1.29, 1.82) is 0 Å². The van der Waals surface area contributed by atoms with Gasteiger partial charge in [-0.2, -0.15) is 0 Å². The molecular formula is C14H15N3O3. The lowest BCUT2D eigenvalue weighted by Gasteiger charge is -2.08. The largest absolute Gasteiger partial charge is 0.480 e. The average Bonchev–Trinajstić information content (AvgIpc) is 3.10. The summed E-state index contributed by atoms with van der Waals surface area (Å²) < 4.78 is 0. The van der Waals surface area contributed by atoms with E-state index in [1.165, 1.54) is 6.92 Å². The number of carboxylic acid groups (broad SMARTS) is 1. The van der Waals surface area contributed by atoms with Crippen LogP contribution < -0.4 is 5.32 Å². The Labute approximate surface area is 115 Å². The first kappa shape index (κ1) is 12.7. The number of aliphatic carboxylic acids is 1. The first-order valence-electron chi connectivity index (χ1n) is 6.54. The average molecular weight is 273 g/mol. The SMILES string of the molecule is C[C@@H](NC(=O)[C@@H]1C[C@H]1c1nc2ccccc2[nH]1)C(=O)O. The van der Waals surface area contributed by atoms with Crippen molar-refractivity contribution in [3.8, 4) is 0 Å². The van der Waals surface area contributed by atoms with E-state index in [9.17, 15) is 9.59 Å². The number of aromatic amines is 1. The van der Waals surface area contributed by atoms with E-state index < -0.39 is 12.0 Å². The number of hydrogen-bond acceptors (Lipinski definition) is 3. The van der Waals surface area contributed by atoms with Crippen LogP contribution in [-0.4, -0.2) is 33.0 Å². The van der Waals surface area contributed by atoms with Gasteiger partial charge >= 0.3 is 5.97 Å². The minimum atomic E-state index is -1.03. The summed E-state index contributed by atoms with van der Waals surface area (Å²) in [7, 11) is 0. The molecule has 0 bridgehead atoms. The van der Waals surface area contributed by atoms with E-state index in [4.69, 9.17) is 5.11 Å². The molecule has 2 aromatic rings. The molecule has 3 N–H and O–H groups in total. The third kappa shape index (κ3) is 2.24. The highest BCUT2D eigenvalue weighted by atomic mass is 16.4. The third-order valence-corrected chi connectivity index (χ3v) is 3.62. The summed E-state index contributed by atoms with van der Waals surface area (Å²) in [6, 6.07) is 6.84. The standard InChI is InChI=1S/C14H15N3O3/c1-7(14(19)20)15-13(18)9-6-8(9)12-16-10-4-2-3-5-11(10)17-12/h2-5,7-9H,6H2,1H3,(H,15,18)(H,16,17)(H,19,20)/t7-,8-,9-/m1/s1. The number of H-pyrrole nitrogens is 1. The van der Waals surface area contributed by atoms with Gasteiger partial charge in [-0.05, 0) is 25.5 Å². The molecule has 3 rings (SSSR count). The Kier molecular flexibility index (Phi) is 2.93. The van der Waals surface area contributed by atoms with Crippen molar-refractivity contribution in [1.82, 2.24) is 15.3 Å². The molecule has 3 atom stereocenters. The fourth-order valence-electron chi connectivity index (χ4n) is 2.32. The summed E-state index contributed by atoms with van der Waals surface area (Å²) in [6.07, 6.45) is 0.706. The van der Waals surface area contributed by atoms with Crippen LogP contribution in [0.15, 0.2) is 24.3 Å². The molecule has 1 fully saturated rings. The summed E-state index contributed by atoms with van der Waals surface area (Å²) in [5.41, 5.74) is 1.83. The number of carboxylic acids is 1. The molecule has 104 valence electrons. The Morgan fingerprint density at radius 3 is 2.90 bits per heavy atom. The highest BCUT2D eigenvalue weighted by molar-refractivity contribution is 5.87. The number of imidazole rings is 1. The fourth-order valence-corrected chi connectivity index (χ4v) is 2.32. The second-order valence-corrected chi connectivity index (χ2v) is 5.16. The zero-order valence-corrected chi connectivity index (χ0v) is 11.0. The van der Waals surface area contributed by atoms with Crippen molar-refractivity contribution < 1.29 is 14.7 Å². The van der Waals surface area contributed by atoms with Gasteiger partial charge in [-0.1, -0.05) is 12.1 Å². The number of nitrogens with zero attached hydrogens (tertiary/aromatic N) is 1. The summed E-state index contributed by atoms with van der Waals surface area (Å²) in [6.45, 7) is 1.46. The molecule has 1 heterocycles. The Balaban J connectivity index is 1.69. The molecule has 6 heteroatoms. The van der Waals surface area contributed by atoms with Crippen molar-refractivity contribution in [3.63, 3.8) is 0 Å². The predicted octanol–water partition coefficient (Wildman–Crippen LogP) is 1.26. The fraction of sp³-hybridized carbons (Fsp3) is 0.357. The number of nitrogens with one attached hydrogen (secondary N) is 2. The number of rotatable bonds is 4. The van der Waals surface area contributed by atoms with Gasteiger partial charge < -0.3 is 15.4 Å². The van der Waals surface area contributed by atoms with Crippen LogP contribution in [0.25, 0.3) is 11.0 Å². The predicted molar refractivity (Wildman–Crippen MR) is 72.2 cm³/mol. The molecule has 6 nitrogen and oxygen atoms in total. The monoisotopic (exact) mass is 273 g/mol. The number of amides is 1. The molecule has 1 aromatic carbocycles. The van der Waals surface area contributed by atoms with E-state index in [0.29, 0.717) is 6.42 Å². The molecule has 0 saturated heterocycles. The Bertz CT molecular complexity index is 646. The Hall–Kier alpha value is -2.37. The molecular weight excluding hydrogens is 258 g/mol. The molecule has 1 aliphatic rings. The van der Waals surface area contributed by atoms with Crippen LogP contribution in [-0.2, 0) is 9.59 Å². The Morgan fingerprint density at radius 2 is 2.20 bits per heavy atom. The van der Waals surface area contributed by atoms with Gasteiger partial charge in [0.05, 0.1) is 11.0 Å². The maximum absolute atomic E-state index is 11.9. The van der Waals surface area contributed by atoms with Crippen LogP contribution >= 0.6 is 0 Å². The molecule has 0 aliphatic heterocycles. The number of carbonyl (C=O) groups is 2. The lowest BCUT2D eigenvalue weighted by Crippen LogP contribution is -2.39. The normalized spacial score (nSPS) is 22.4. The van der Waals surface area contributed by atoms with E-state index >= 15 is 0 Å². The number of hydrogen-bond donors (Lipinski definition) is 3. The van der Waals surface area contributed by atoms with Gasteiger partial charge in [-0.3, -0.25) is 9.59 Å². The number of benzene rings is 1. The van der Waals surface area contributed by atoms with Gasteiger partial charge in [0.1, 0.15) is 11.9 Å². The van der Waals surface area contributed by atoms with Crippen molar-refractivity contribution in [2.75, 3.05) is 0 Å². The highest BCUT2D eigenvalue weighted by Crippen LogP contribution is 2.46. The van der Waals surface area contributed by atoms with Crippen molar-refractivity contribution in [3.05, 3.63) is 30.1 Å². The van der Waals surface area contributed by atoms with Crippen LogP contribution in [0.3, 0.4) is 0 Å². The Morgan fingerprint density at radius 1 is 1.45 bits per heavy atom. The molecule has 20 heavy (non-hydrogen) atoms. The van der Waals surface area contributed by atoms with Crippen LogP contribution in [0, 0.1) is 5.92 Å². The number of aromatic nitrogens is 2. The molecule has 0 radical (unpaired) electrons. The van der Waals surface area contributed by atoms with Crippen LogP contribution in [0.1, 0.15) is 25.1 Å². The highest BCUT2D eigenvalue weighted by Gasteiger charge is 2.46. The minimum absolute atomic E-state index is 0.0587. The summed E-state index contributed by atoms with van der Waals surface area (Å²) in [5, 5.41) is 11.3. The van der Waals surface area contributed by atoms with E-state index in [-0.39, 0.29) is 17.7 Å². The maximum Gasteiger partial charge on any atom is 0.325 e. The first-order valence-corrected chi connectivity index (χ1v) is 6.54. The lowest BCUT2D eigenvalue weighted by molar-refractivity contribution is -0.141. The molecule has 0 unspecified atom stereocenters. The number of carbonyl (C=O) groups excluding carboxylic acids is 1. The van der Waals surface area contributed by atoms with Gasteiger partial charge in [0.2, 0.25) is 5.91 Å². The van der Waals surface area contributed by atoms with Crippen LogP contribution in [0.4, 0.5) is 0 Å². The summed E-state index contributed by atoms with van der Waals surface area (Å²) in [4.78, 5) is 30.3. The van der Waals surface area contributed by atoms with E-state index in [2.05, 4.69) is 15.3 Å². The second-order valence-electron chi connectivity index (χ2n) is 5.16. The minimum Gasteiger partial charge on any atom is -0.480 e. The van der Waals surface area contributed by atoms with Gasteiger partial charge in [0, 0.05) is 11.8 Å². The molecule has 1 amide bonds. The molecule has 1 aliphatic carbocycles. The zero-order valence-electron chi connectivity index (χ0n) is 11.0. The molecule has 1 saturated carbocycles. The van der Waals surface area contributed by atoms with Crippen molar-refractivity contribution >= 4 is 22.9 Å². The van der Waals surface area contributed by atoms with E-state index in [1.54, 1.807) is 0 Å². The van der Waals surface area contributed by atoms with E-state index in [1.807, 2.05) is 24.3 Å². The smallest absolute Gasteiger partial charge is 0.325 e. The van der Waals surface area contributed by atoms with E-state index in [0.717, 1.165) is 16.9 Å². The van der Waals surface area contributed by atoms with Gasteiger partial charge in [0.15, 0.2) is 0 Å². The van der Waals surface area contributed by atoms with Crippen molar-refractivity contribution in [2.45, 2.75) is 25.3 Å².